The van der Waals surface area contributed by atoms with Gasteiger partial charge in [-0.25, -0.2) is 13.1 Å². The van der Waals surface area contributed by atoms with Gasteiger partial charge in [-0.05, 0) is 63.5 Å². The molecule has 0 atom stereocenters. The molecule has 0 spiro atoms. The van der Waals surface area contributed by atoms with Crippen LogP contribution in [-0.2, 0) is 19.6 Å². The van der Waals surface area contributed by atoms with E-state index in [-0.39, 0.29) is 34.5 Å². The molecule has 8 heteroatoms. The Hall–Kier alpha value is -1.93. The quantitative estimate of drug-likeness (QED) is 0.730. The highest BCUT2D eigenvalue weighted by molar-refractivity contribution is 7.89. The van der Waals surface area contributed by atoms with Gasteiger partial charge in [-0.1, -0.05) is 17.7 Å². The zero-order valence-electron chi connectivity index (χ0n) is 17.0. The third-order valence-corrected chi connectivity index (χ3v) is 7.74. The SMILES string of the molecule is Cc1ccc(S(=O)(=O)NCC2CCC(C(=O)N3CCC(C(N)=O)CC3)CC2)cc1. The van der Waals surface area contributed by atoms with Gasteiger partial charge in [-0.3, -0.25) is 9.59 Å². The van der Waals surface area contributed by atoms with Gasteiger partial charge in [0.1, 0.15) is 0 Å². The lowest BCUT2D eigenvalue weighted by Crippen LogP contribution is -2.45. The Bertz CT molecular complexity index is 822. The Labute approximate surface area is 173 Å². The van der Waals surface area contributed by atoms with E-state index in [0.29, 0.717) is 32.5 Å². The molecule has 1 aliphatic carbocycles. The zero-order valence-corrected chi connectivity index (χ0v) is 17.8. The molecule has 2 fully saturated rings. The molecule has 0 unspecified atom stereocenters. The maximum Gasteiger partial charge on any atom is 0.240 e. The van der Waals surface area contributed by atoms with Crippen LogP contribution in [-0.4, -0.2) is 44.8 Å². The van der Waals surface area contributed by atoms with E-state index < -0.39 is 10.0 Å². The molecule has 0 aromatic heterocycles. The Balaban J connectivity index is 1.44. The van der Waals surface area contributed by atoms with Gasteiger partial charge < -0.3 is 10.6 Å². The molecule has 29 heavy (non-hydrogen) atoms. The lowest BCUT2D eigenvalue weighted by Gasteiger charge is -2.35. The van der Waals surface area contributed by atoms with Gasteiger partial charge in [-0.2, -0.15) is 0 Å². The highest BCUT2D eigenvalue weighted by atomic mass is 32.2. The van der Waals surface area contributed by atoms with E-state index in [9.17, 15) is 18.0 Å². The molecular formula is C21H31N3O4S. The molecular weight excluding hydrogens is 390 g/mol. The summed E-state index contributed by atoms with van der Waals surface area (Å²) in [5, 5.41) is 0. The summed E-state index contributed by atoms with van der Waals surface area (Å²) in [5.74, 6) is 0.0404. The monoisotopic (exact) mass is 421 g/mol. The molecule has 1 saturated carbocycles. The van der Waals surface area contributed by atoms with Crippen molar-refractivity contribution in [1.82, 2.24) is 9.62 Å². The molecule has 1 aromatic rings. The molecule has 3 N–H and O–H groups in total. The van der Waals surface area contributed by atoms with Gasteiger partial charge in [0, 0.05) is 31.5 Å². The number of likely N-dealkylation sites (tertiary alicyclic amines) is 1. The largest absolute Gasteiger partial charge is 0.369 e. The predicted octanol–water partition coefficient (Wildman–Crippen LogP) is 1.80. The number of benzene rings is 1. The van der Waals surface area contributed by atoms with E-state index in [4.69, 9.17) is 5.73 Å². The average molecular weight is 422 g/mol. The number of primary amides is 1. The van der Waals surface area contributed by atoms with Crippen LogP contribution >= 0.6 is 0 Å². The predicted molar refractivity (Wildman–Crippen MR) is 110 cm³/mol. The van der Waals surface area contributed by atoms with E-state index in [1.54, 1.807) is 24.3 Å². The molecule has 1 aromatic carbocycles. The van der Waals surface area contributed by atoms with Crippen molar-refractivity contribution in [1.29, 1.82) is 0 Å². The van der Waals surface area contributed by atoms with Crippen molar-refractivity contribution in [2.24, 2.45) is 23.5 Å². The molecule has 1 aliphatic heterocycles. The normalized spacial score (nSPS) is 23.7. The smallest absolute Gasteiger partial charge is 0.240 e. The van der Waals surface area contributed by atoms with Gasteiger partial charge in [0.05, 0.1) is 4.90 Å². The van der Waals surface area contributed by atoms with Crippen LogP contribution in [0.3, 0.4) is 0 Å². The third kappa shape index (κ3) is 5.57. The first kappa shape index (κ1) is 21.8. The number of amides is 2. The maximum atomic E-state index is 12.8. The molecule has 2 amide bonds. The summed E-state index contributed by atoms with van der Waals surface area (Å²) in [4.78, 5) is 26.2. The first-order valence-corrected chi connectivity index (χ1v) is 11.9. The van der Waals surface area contributed by atoms with Crippen LogP contribution in [0.1, 0.15) is 44.1 Å². The molecule has 160 valence electrons. The lowest BCUT2D eigenvalue weighted by atomic mass is 9.81. The molecule has 1 heterocycles. The van der Waals surface area contributed by atoms with Crippen molar-refractivity contribution in [2.45, 2.75) is 50.3 Å². The Morgan fingerprint density at radius 1 is 1.00 bits per heavy atom. The minimum absolute atomic E-state index is 0.00471. The van der Waals surface area contributed by atoms with Crippen LogP contribution < -0.4 is 10.5 Å². The second-order valence-corrected chi connectivity index (χ2v) is 10.2. The summed E-state index contributed by atoms with van der Waals surface area (Å²) >= 11 is 0. The van der Waals surface area contributed by atoms with Crippen LogP contribution in [0.2, 0.25) is 0 Å². The number of nitrogens with one attached hydrogen (secondary N) is 1. The van der Waals surface area contributed by atoms with Crippen LogP contribution in [0.4, 0.5) is 0 Å². The third-order valence-electron chi connectivity index (χ3n) is 6.30. The summed E-state index contributed by atoms with van der Waals surface area (Å²) in [6.45, 7) is 3.52. The molecule has 0 radical (unpaired) electrons. The first-order chi connectivity index (χ1) is 13.8. The van der Waals surface area contributed by atoms with Crippen molar-refractivity contribution < 1.29 is 18.0 Å². The van der Waals surface area contributed by atoms with Gasteiger partial charge >= 0.3 is 0 Å². The van der Waals surface area contributed by atoms with E-state index >= 15 is 0 Å². The fraction of sp³-hybridized carbons (Fsp3) is 0.619. The van der Waals surface area contributed by atoms with Crippen LogP contribution in [0.5, 0.6) is 0 Å². The van der Waals surface area contributed by atoms with Crippen molar-refractivity contribution in [3.63, 3.8) is 0 Å². The summed E-state index contributed by atoms with van der Waals surface area (Å²) in [6, 6.07) is 6.82. The van der Waals surface area contributed by atoms with E-state index in [2.05, 4.69) is 4.72 Å². The fourth-order valence-electron chi connectivity index (χ4n) is 4.28. The second kappa shape index (κ2) is 9.26. The number of rotatable bonds is 6. The highest BCUT2D eigenvalue weighted by Crippen LogP contribution is 2.31. The van der Waals surface area contributed by atoms with E-state index in [0.717, 1.165) is 31.2 Å². The number of aryl methyl sites for hydroxylation is 1. The molecule has 3 rings (SSSR count). The molecule has 1 saturated heterocycles. The number of sulfonamides is 1. The topological polar surface area (TPSA) is 110 Å². The van der Waals surface area contributed by atoms with Gasteiger partial charge in [0.15, 0.2) is 0 Å². The summed E-state index contributed by atoms with van der Waals surface area (Å²) in [6.07, 6.45) is 4.54. The zero-order chi connectivity index (χ0) is 21.0. The van der Waals surface area contributed by atoms with Crippen molar-refractivity contribution in [2.75, 3.05) is 19.6 Å². The standard InChI is InChI=1S/C21H31N3O4S/c1-15-2-8-19(9-3-15)29(27,28)23-14-16-4-6-18(7-5-16)21(26)24-12-10-17(11-13-24)20(22)25/h2-3,8-9,16-18,23H,4-7,10-14H2,1H3,(H2,22,25). The number of hydrogen-bond acceptors (Lipinski definition) is 4. The number of nitrogens with zero attached hydrogens (tertiary/aromatic N) is 1. The first-order valence-electron chi connectivity index (χ1n) is 10.4. The second-order valence-electron chi connectivity index (χ2n) is 8.38. The lowest BCUT2D eigenvalue weighted by molar-refractivity contribution is -0.139. The van der Waals surface area contributed by atoms with Crippen molar-refractivity contribution in [3.05, 3.63) is 29.8 Å². The van der Waals surface area contributed by atoms with Gasteiger partial charge in [0.25, 0.3) is 0 Å². The number of carbonyl (C=O) groups is 2. The summed E-state index contributed by atoms with van der Waals surface area (Å²) < 4.78 is 27.6. The van der Waals surface area contributed by atoms with Crippen LogP contribution in [0, 0.1) is 24.7 Å². The molecule has 7 nitrogen and oxygen atoms in total. The number of hydrogen-bond donors (Lipinski definition) is 2. The minimum Gasteiger partial charge on any atom is -0.369 e. The number of carbonyl (C=O) groups excluding carboxylic acids is 2. The van der Waals surface area contributed by atoms with E-state index in [1.165, 1.54) is 0 Å². The summed E-state index contributed by atoms with van der Waals surface area (Å²) in [5.41, 5.74) is 6.38. The van der Waals surface area contributed by atoms with E-state index in [1.807, 2.05) is 11.8 Å². The van der Waals surface area contributed by atoms with Crippen LogP contribution in [0.15, 0.2) is 29.2 Å². The van der Waals surface area contributed by atoms with Crippen LogP contribution in [0.25, 0.3) is 0 Å². The Kier molecular flexibility index (Phi) is 6.95. The van der Waals surface area contributed by atoms with Crippen molar-refractivity contribution >= 4 is 21.8 Å². The Morgan fingerprint density at radius 2 is 1.59 bits per heavy atom. The maximum absolute atomic E-state index is 12.8. The summed E-state index contributed by atoms with van der Waals surface area (Å²) in [7, 11) is -3.50. The molecule has 0 bridgehead atoms. The minimum atomic E-state index is -3.50. The molecule has 2 aliphatic rings. The average Bonchev–Trinajstić information content (AvgIpc) is 2.72. The highest BCUT2D eigenvalue weighted by Gasteiger charge is 2.32. The number of nitrogens with two attached hydrogens (primary N) is 1. The van der Waals surface area contributed by atoms with Crippen molar-refractivity contribution in [3.8, 4) is 0 Å². The van der Waals surface area contributed by atoms with Gasteiger partial charge in [-0.15, -0.1) is 0 Å². The number of piperidine rings is 1. The fourth-order valence-corrected chi connectivity index (χ4v) is 5.40. The van der Waals surface area contributed by atoms with Gasteiger partial charge in [0.2, 0.25) is 21.8 Å². The Morgan fingerprint density at radius 3 is 2.14 bits per heavy atom.